The van der Waals surface area contributed by atoms with Crippen molar-refractivity contribution in [3.05, 3.63) is 29.8 Å². The highest BCUT2D eigenvalue weighted by atomic mass is 16.5. The van der Waals surface area contributed by atoms with Crippen molar-refractivity contribution in [2.24, 2.45) is 0 Å². The fraction of sp³-hybridized carbons (Fsp3) is 0.625. The molecular formula is C16H27NO. The Kier molecular flexibility index (Phi) is 5.21. The van der Waals surface area contributed by atoms with Crippen LogP contribution in [0, 0.1) is 0 Å². The van der Waals surface area contributed by atoms with E-state index in [1.165, 1.54) is 5.56 Å². The van der Waals surface area contributed by atoms with Crippen LogP contribution < -0.4 is 10.1 Å². The summed E-state index contributed by atoms with van der Waals surface area (Å²) in [5, 5.41) is 3.23. The first-order valence-corrected chi connectivity index (χ1v) is 6.77. The largest absolute Gasteiger partial charge is 0.491 e. The molecule has 0 heterocycles. The monoisotopic (exact) mass is 249 g/mol. The molecule has 0 aromatic heterocycles. The molecule has 0 spiro atoms. The lowest BCUT2D eigenvalue weighted by Crippen LogP contribution is -2.28. The molecule has 102 valence electrons. The molecule has 0 aliphatic carbocycles. The first-order valence-electron chi connectivity index (χ1n) is 6.77. The predicted octanol–water partition coefficient (Wildman–Crippen LogP) is 3.75. The normalized spacial score (nSPS) is 15.2. The average molecular weight is 249 g/mol. The summed E-state index contributed by atoms with van der Waals surface area (Å²) in [5.41, 5.74) is 1.54. The van der Waals surface area contributed by atoms with Crippen molar-refractivity contribution in [3.8, 4) is 5.75 Å². The van der Waals surface area contributed by atoms with E-state index in [4.69, 9.17) is 4.74 Å². The van der Waals surface area contributed by atoms with E-state index in [1.54, 1.807) is 0 Å². The molecule has 0 saturated heterocycles. The molecule has 0 amide bonds. The topological polar surface area (TPSA) is 21.3 Å². The molecule has 1 aromatic rings. The summed E-state index contributed by atoms with van der Waals surface area (Å²) in [7, 11) is 1.98. The van der Waals surface area contributed by atoms with Gasteiger partial charge in [-0.25, -0.2) is 0 Å². The maximum atomic E-state index is 5.91. The summed E-state index contributed by atoms with van der Waals surface area (Å²) in [4.78, 5) is 0. The molecule has 2 unspecified atom stereocenters. The van der Waals surface area contributed by atoms with Crippen LogP contribution in [0.5, 0.6) is 5.75 Å². The van der Waals surface area contributed by atoms with Crippen LogP contribution in [-0.2, 0) is 5.41 Å². The zero-order valence-electron chi connectivity index (χ0n) is 12.6. The zero-order valence-corrected chi connectivity index (χ0v) is 12.6. The minimum Gasteiger partial charge on any atom is -0.491 e. The van der Waals surface area contributed by atoms with Gasteiger partial charge in [0.1, 0.15) is 5.75 Å². The van der Waals surface area contributed by atoms with Gasteiger partial charge in [-0.15, -0.1) is 0 Å². The van der Waals surface area contributed by atoms with E-state index in [-0.39, 0.29) is 11.5 Å². The van der Waals surface area contributed by atoms with Crippen LogP contribution >= 0.6 is 0 Å². The summed E-state index contributed by atoms with van der Waals surface area (Å²) >= 11 is 0. The first kappa shape index (κ1) is 15.0. The van der Waals surface area contributed by atoms with E-state index < -0.39 is 0 Å². The zero-order chi connectivity index (χ0) is 13.8. The highest BCUT2D eigenvalue weighted by Gasteiger charge is 2.14. The Morgan fingerprint density at radius 2 is 1.67 bits per heavy atom. The van der Waals surface area contributed by atoms with Gasteiger partial charge in [0.2, 0.25) is 0 Å². The first-order chi connectivity index (χ1) is 8.32. The number of nitrogens with one attached hydrogen (secondary N) is 1. The van der Waals surface area contributed by atoms with Gasteiger partial charge in [0.25, 0.3) is 0 Å². The second-order valence-corrected chi connectivity index (χ2v) is 6.13. The minimum absolute atomic E-state index is 0.199. The summed E-state index contributed by atoms with van der Waals surface area (Å²) in [6.45, 7) is 11.0. The lowest BCUT2D eigenvalue weighted by Gasteiger charge is -2.21. The summed E-state index contributed by atoms with van der Waals surface area (Å²) in [5.74, 6) is 0.957. The van der Waals surface area contributed by atoms with Gasteiger partial charge in [0, 0.05) is 6.04 Å². The maximum absolute atomic E-state index is 5.91. The number of hydrogen-bond donors (Lipinski definition) is 1. The van der Waals surface area contributed by atoms with Crippen molar-refractivity contribution in [1.82, 2.24) is 5.32 Å². The number of benzene rings is 1. The minimum atomic E-state index is 0.199. The van der Waals surface area contributed by atoms with E-state index >= 15 is 0 Å². The molecule has 0 fully saturated rings. The predicted molar refractivity (Wildman–Crippen MR) is 78.4 cm³/mol. The van der Waals surface area contributed by atoms with E-state index in [9.17, 15) is 0 Å². The van der Waals surface area contributed by atoms with Crippen molar-refractivity contribution in [2.45, 2.75) is 58.6 Å². The van der Waals surface area contributed by atoms with Crippen LogP contribution in [0.15, 0.2) is 24.3 Å². The molecule has 0 saturated carbocycles. The Morgan fingerprint density at radius 1 is 1.11 bits per heavy atom. The van der Waals surface area contributed by atoms with Crippen molar-refractivity contribution < 1.29 is 4.74 Å². The third-order valence-corrected chi connectivity index (χ3v) is 3.24. The van der Waals surface area contributed by atoms with Gasteiger partial charge < -0.3 is 10.1 Å². The number of rotatable bonds is 5. The number of hydrogen-bond acceptors (Lipinski definition) is 2. The Bertz CT molecular complexity index is 350. The quantitative estimate of drug-likeness (QED) is 0.858. The molecule has 18 heavy (non-hydrogen) atoms. The van der Waals surface area contributed by atoms with Crippen molar-refractivity contribution in [3.63, 3.8) is 0 Å². The molecule has 2 heteroatoms. The third-order valence-electron chi connectivity index (χ3n) is 3.24. The van der Waals surface area contributed by atoms with Gasteiger partial charge in [0.15, 0.2) is 0 Å². The smallest absolute Gasteiger partial charge is 0.119 e. The Morgan fingerprint density at radius 3 is 2.11 bits per heavy atom. The molecule has 2 nitrogen and oxygen atoms in total. The second kappa shape index (κ2) is 6.24. The Labute approximate surface area is 112 Å². The Hall–Kier alpha value is -1.02. The average Bonchev–Trinajstić information content (AvgIpc) is 2.28. The van der Waals surface area contributed by atoms with E-state index in [0.717, 1.165) is 12.2 Å². The van der Waals surface area contributed by atoms with Gasteiger partial charge in [-0.2, -0.15) is 0 Å². The van der Waals surface area contributed by atoms with Gasteiger partial charge >= 0.3 is 0 Å². The highest BCUT2D eigenvalue weighted by molar-refractivity contribution is 5.31. The molecule has 2 atom stereocenters. The molecule has 0 bridgehead atoms. The SMILES string of the molecule is CNC(C)CC(C)Oc1ccc(C(C)(C)C)cc1. The fourth-order valence-corrected chi connectivity index (χ4v) is 1.93. The molecule has 1 aromatic carbocycles. The van der Waals surface area contributed by atoms with E-state index in [1.807, 2.05) is 7.05 Å². The van der Waals surface area contributed by atoms with Crippen molar-refractivity contribution in [2.75, 3.05) is 7.05 Å². The summed E-state index contributed by atoms with van der Waals surface area (Å²) in [6.07, 6.45) is 1.24. The fourth-order valence-electron chi connectivity index (χ4n) is 1.93. The Balaban J connectivity index is 2.58. The van der Waals surface area contributed by atoms with Crippen LogP contribution in [0.1, 0.15) is 46.6 Å². The lowest BCUT2D eigenvalue weighted by molar-refractivity contribution is 0.197. The van der Waals surface area contributed by atoms with E-state index in [0.29, 0.717) is 6.04 Å². The molecule has 1 rings (SSSR count). The van der Waals surface area contributed by atoms with Gasteiger partial charge in [0.05, 0.1) is 6.10 Å². The molecular weight excluding hydrogens is 222 g/mol. The lowest BCUT2D eigenvalue weighted by atomic mass is 9.87. The van der Waals surface area contributed by atoms with E-state index in [2.05, 4.69) is 64.2 Å². The summed E-state index contributed by atoms with van der Waals surface area (Å²) in [6, 6.07) is 8.93. The second-order valence-electron chi connectivity index (χ2n) is 6.13. The van der Waals surface area contributed by atoms with Crippen molar-refractivity contribution in [1.29, 1.82) is 0 Å². The summed E-state index contributed by atoms with van der Waals surface area (Å²) < 4.78 is 5.91. The van der Waals surface area contributed by atoms with Gasteiger partial charge in [-0.3, -0.25) is 0 Å². The highest BCUT2D eigenvalue weighted by Crippen LogP contribution is 2.24. The van der Waals surface area contributed by atoms with Gasteiger partial charge in [-0.1, -0.05) is 32.9 Å². The third kappa shape index (κ3) is 4.69. The standard InChI is InChI=1S/C16H27NO/c1-12(17-6)11-13(2)18-15-9-7-14(8-10-15)16(3,4)5/h7-10,12-13,17H,11H2,1-6H3. The van der Waals surface area contributed by atoms with Crippen LogP contribution in [-0.4, -0.2) is 19.2 Å². The maximum Gasteiger partial charge on any atom is 0.119 e. The molecule has 0 radical (unpaired) electrons. The molecule has 1 N–H and O–H groups in total. The van der Waals surface area contributed by atoms with Crippen LogP contribution in [0.2, 0.25) is 0 Å². The molecule has 0 aliphatic rings. The van der Waals surface area contributed by atoms with Crippen LogP contribution in [0.3, 0.4) is 0 Å². The number of ether oxygens (including phenoxy) is 1. The van der Waals surface area contributed by atoms with Crippen LogP contribution in [0.25, 0.3) is 0 Å². The molecule has 0 aliphatic heterocycles. The van der Waals surface area contributed by atoms with Gasteiger partial charge in [-0.05, 0) is 50.4 Å². The van der Waals surface area contributed by atoms with Crippen LogP contribution in [0.4, 0.5) is 0 Å². The van der Waals surface area contributed by atoms with Crippen molar-refractivity contribution >= 4 is 0 Å².